The molecule has 3 N–H and O–H groups in total. The molecule has 0 spiro atoms. The molecule has 98 valence electrons. The molecule has 0 bridgehead atoms. The lowest BCUT2D eigenvalue weighted by atomic mass is 10.2. The van der Waals surface area contributed by atoms with E-state index >= 15 is 0 Å². The van der Waals surface area contributed by atoms with Crippen molar-refractivity contribution in [3.8, 4) is 5.75 Å². The van der Waals surface area contributed by atoms with Gasteiger partial charge in [0, 0.05) is 24.1 Å². The van der Waals surface area contributed by atoms with Crippen LogP contribution in [-0.2, 0) is 4.74 Å². The van der Waals surface area contributed by atoms with Gasteiger partial charge in [-0.25, -0.2) is 0 Å². The van der Waals surface area contributed by atoms with Crippen molar-refractivity contribution >= 4 is 21.8 Å². The largest absolute Gasteiger partial charge is 0.507 e. The number of phenols is 1. The summed E-state index contributed by atoms with van der Waals surface area (Å²) in [5.74, 6) is -0.335. The lowest BCUT2D eigenvalue weighted by Gasteiger charge is -2.23. The molecule has 18 heavy (non-hydrogen) atoms. The summed E-state index contributed by atoms with van der Waals surface area (Å²) < 4.78 is 6.20. The number of hydrogen-bond donors (Lipinski definition) is 3. The van der Waals surface area contributed by atoms with Gasteiger partial charge in [0.25, 0.3) is 5.91 Å². The number of ether oxygens (including phenoxy) is 1. The molecule has 1 fully saturated rings. The number of amides is 1. The zero-order valence-electron chi connectivity index (χ0n) is 9.78. The van der Waals surface area contributed by atoms with Crippen LogP contribution in [0, 0.1) is 0 Å². The fourth-order valence-electron chi connectivity index (χ4n) is 1.75. The summed E-state index contributed by atoms with van der Waals surface area (Å²) in [5, 5.41) is 15.6. The van der Waals surface area contributed by atoms with E-state index in [-0.39, 0.29) is 23.3 Å². The van der Waals surface area contributed by atoms with Gasteiger partial charge in [-0.05, 0) is 18.2 Å². The van der Waals surface area contributed by atoms with Gasteiger partial charge in [0.05, 0.1) is 18.3 Å². The van der Waals surface area contributed by atoms with Crippen LogP contribution in [-0.4, -0.2) is 43.4 Å². The maximum atomic E-state index is 11.9. The van der Waals surface area contributed by atoms with Crippen LogP contribution in [0.3, 0.4) is 0 Å². The van der Waals surface area contributed by atoms with Crippen molar-refractivity contribution < 1.29 is 14.6 Å². The van der Waals surface area contributed by atoms with E-state index in [0.29, 0.717) is 13.2 Å². The third-order valence-electron chi connectivity index (χ3n) is 2.70. The summed E-state index contributed by atoms with van der Waals surface area (Å²) in [7, 11) is 0. The Bertz CT molecular complexity index is 433. The Labute approximate surface area is 114 Å². The van der Waals surface area contributed by atoms with Gasteiger partial charge >= 0.3 is 0 Å². The average Bonchev–Trinajstić information content (AvgIpc) is 2.37. The fraction of sp³-hybridized carbons (Fsp3) is 0.417. The van der Waals surface area contributed by atoms with Crippen LogP contribution >= 0.6 is 15.9 Å². The maximum absolute atomic E-state index is 11.9. The Hall–Kier alpha value is -1.11. The van der Waals surface area contributed by atoms with Gasteiger partial charge in [-0.1, -0.05) is 15.9 Å². The summed E-state index contributed by atoms with van der Waals surface area (Å²) in [5.41, 5.74) is 0.266. The van der Waals surface area contributed by atoms with Crippen LogP contribution in [0.2, 0.25) is 0 Å². The first-order chi connectivity index (χ1) is 8.66. The van der Waals surface area contributed by atoms with Crippen LogP contribution in [0.4, 0.5) is 0 Å². The van der Waals surface area contributed by atoms with Crippen LogP contribution in [0.1, 0.15) is 10.4 Å². The molecule has 6 heteroatoms. The molecule has 5 nitrogen and oxygen atoms in total. The van der Waals surface area contributed by atoms with Crippen molar-refractivity contribution in [3.63, 3.8) is 0 Å². The fourth-order valence-corrected chi connectivity index (χ4v) is 2.10. The van der Waals surface area contributed by atoms with Gasteiger partial charge in [0.1, 0.15) is 5.75 Å². The number of nitrogens with one attached hydrogen (secondary N) is 2. The van der Waals surface area contributed by atoms with Gasteiger partial charge in [-0.15, -0.1) is 0 Å². The molecular weight excluding hydrogens is 300 g/mol. The van der Waals surface area contributed by atoms with Crippen molar-refractivity contribution in [1.82, 2.24) is 10.6 Å². The third kappa shape index (κ3) is 3.44. The van der Waals surface area contributed by atoms with Crippen LogP contribution in [0.5, 0.6) is 5.75 Å². The molecule has 1 amide bonds. The molecule has 1 saturated heterocycles. The number of carbonyl (C=O) groups excluding carboxylic acids is 1. The number of hydrogen-bond acceptors (Lipinski definition) is 4. The third-order valence-corrected chi connectivity index (χ3v) is 3.19. The van der Waals surface area contributed by atoms with E-state index in [1.165, 1.54) is 6.07 Å². The van der Waals surface area contributed by atoms with Crippen molar-refractivity contribution in [1.29, 1.82) is 0 Å². The maximum Gasteiger partial charge on any atom is 0.255 e. The van der Waals surface area contributed by atoms with Crippen LogP contribution < -0.4 is 10.6 Å². The second-order valence-corrected chi connectivity index (χ2v) is 4.98. The Kier molecular flexibility index (Phi) is 4.57. The van der Waals surface area contributed by atoms with Crippen molar-refractivity contribution in [3.05, 3.63) is 28.2 Å². The number of halogens is 1. The predicted molar refractivity (Wildman–Crippen MR) is 70.7 cm³/mol. The van der Waals surface area contributed by atoms with Crippen LogP contribution in [0.15, 0.2) is 22.7 Å². The highest BCUT2D eigenvalue weighted by molar-refractivity contribution is 9.10. The first-order valence-corrected chi connectivity index (χ1v) is 6.55. The molecule has 1 aromatic rings. The minimum absolute atomic E-state index is 0.0136. The Morgan fingerprint density at radius 1 is 1.61 bits per heavy atom. The molecule has 0 aliphatic carbocycles. The molecule has 0 aromatic heterocycles. The van der Waals surface area contributed by atoms with Gasteiger partial charge in [0.2, 0.25) is 0 Å². The van der Waals surface area contributed by atoms with Crippen molar-refractivity contribution in [2.75, 3.05) is 26.2 Å². The highest BCUT2D eigenvalue weighted by Gasteiger charge is 2.16. The molecule has 1 unspecified atom stereocenters. The molecule has 1 heterocycles. The summed E-state index contributed by atoms with van der Waals surface area (Å²) >= 11 is 3.23. The molecular formula is C12H15BrN2O3. The van der Waals surface area contributed by atoms with Crippen molar-refractivity contribution in [2.24, 2.45) is 0 Å². The van der Waals surface area contributed by atoms with Gasteiger partial charge in [-0.2, -0.15) is 0 Å². The summed E-state index contributed by atoms with van der Waals surface area (Å²) in [6.07, 6.45) is -0.0136. The molecule has 0 saturated carbocycles. The minimum atomic E-state index is -0.297. The highest BCUT2D eigenvalue weighted by Crippen LogP contribution is 2.22. The molecule has 2 rings (SSSR count). The van der Waals surface area contributed by atoms with E-state index in [1.807, 2.05) is 0 Å². The lowest BCUT2D eigenvalue weighted by molar-refractivity contribution is 0.0287. The van der Waals surface area contributed by atoms with Gasteiger partial charge in [0.15, 0.2) is 0 Å². The second kappa shape index (κ2) is 6.17. The van der Waals surface area contributed by atoms with Crippen LogP contribution in [0.25, 0.3) is 0 Å². The molecule has 1 aliphatic rings. The SMILES string of the molecule is O=C(NCC1CNCCO1)c1ccc(Br)cc1O. The van der Waals surface area contributed by atoms with E-state index in [4.69, 9.17) is 4.74 Å². The first kappa shape index (κ1) is 13.3. The smallest absolute Gasteiger partial charge is 0.255 e. The van der Waals surface area contributed by atoms with Gasteiger partial charge in [-0.3, -0.25) is 4.79 Å². The molecule has 1 atom stereocenters. The zero-order chi connectivity index (χ0) is 13.0. The number of phenolic OH excluding ortho intramolecular Hbond substituents is 1. The topological polar surface area (TPSA) is 70.6 Å². The summed E-state index contributed by atoms with van der Waals surface area (Å²) in [6.45, 7) is 2.66. The van der Waals surface area contributed by atoms with Crippen molar-refractivity contribution in [2.45, 2.75) is 6.10 Å². The monoisotopic (exact) mass is 314 g/mol. The Morgan fingerprint density at radius 2 is 2.44 bits per heavy atom. The average molecular weight is 315 g/mol. The quantitative estimate of drug-likeness (QED) is 0.774. The zero-order valence-corrected chi connectivity index (χ0v) is 11.4. The molecule has 1 aliphatic heterocycles. The second-order valence-electron chi connectivity index (χ2n) is 4.07. The summed E-state index contributed by atoms with van der Waals surface area (Å²) in [4.78, 5) is 11.9. The minimum Gasteiger partial charge on any atom is -0.507 e. The van der Waals surface area contributed by atoms with E-state index in [2.05, 4.69) is 26.6 Å². The number of benzene rings is 1. The summed E-state index contributed by atoms with van der Waals surface area (Å²) in [6, 6.07) is 4.79. The Morgan fingerprint density at radius 3 is 3.11 bits per heavy atom. The number of morpholine rings is 1. The number of rotatable bonds is 3. The molecule has 1 aromatic carbocycles. The first-order valence-electron chi connectivity index (χ1n) is 5.76. The molecule has 0 radical (unpaired) electrons. The van der Waals surface area contributed by atoms with Gasteiger partial charge < -0.3 is 20.5 Å². The van der Waals surface area contributed by atoms with E-state index in [1.54, 1.807) is 12.1 Å². The predicted octanol–water partition coefficient (Wildman–Crippen LogP) is 0.873. The Balaban J connectivity index is 1.90. The standard InChI is InChI=1S/C12H15BrN2O3/c13-8-1-2-10(11(16)5-8)12(17)15-7-9-6-14-3-4-18-9/h1-2,5,9,14,16H,3-4,6-7H2,(H,15,17). The van der Waals surface area contributed by atoms with E-state index < -0.39 is 0 Å². The van der Waals surface area contributed by atoms with E-state index in [9.17, 15) is 9.90 Å². The number of aromatic hydroxyl groups is 1. The normalized spacial score (nSPS) is 19.5. The van der Waals surface area contributed by atoms with E-state index in [0.717, 1.165) is 17.6 Å². The lowest BCUT2D eigenvalue weighted by Crippen LogP contribution is -2.45. The number of carbonyl (C=O) groups is 1. The highest BCUT2D eigenvalue weighted by atomic mass is 79.9.